The average molecular weight is 185 g/mol. The largest absolute Gasteiger partial charge is 0.380 e. The fraction of sp³-hybridized carbons (Fsp3) is 1.00. The molecular formula is C11H23NO. The van der Waals surface area contributed by atoms with E-state index in [0.29, 0.717) is 5.41 Å². The zero-order valence-electron chi connectivity index (χ0n) is 9.01. The first kappa shape index (κ1) is 11.0. The molecule has 1 fully saturated rings. The lowest BCUT2D eigenvalue weighted by molar-refractivity contribution is -0.128. The standard InChI is InChI=1S/C11H23NO/c1-10(2)7-11(8-13-9-11)5-3-4-6-12/h10H,3-9,12H2,1-2H3. The minimum Gasteiger partial charge on any atom is -0.380 e. The van der Waals surface area contributed by atoms with E-state index in [4.69, 9.17) is 10.5 Å². The first-order valence-corrected chi connectivity index (χ1v) is 5.46. The van der Waals surface area contributed by atoms with E-state index in [1.807, 2.05) is 0 Å². The van der Waals surface area contributed by atoms with E-state index in [1.165, 1.54) is 25.7 Å². The van der Waals surface area contributed by atoms with Gasteiger partial charge < -0.3 is 10.5 Å². The van der Waals surface area contributed by atoms with E-state index in [1.54, 1.807) is 0 Å². The topological polar surface area (TPSA) is 35.2 Å². The van der Waals surface area contributed by atoms with Crippen LogP contribution in [0, 0.1) is 11.3 Å². The molecule has 2 heteroatoms. The lowest BCUT2D eigenvalue weighted by Crippen LogP contribution is -2.43. The summed E-state index contributed by atoms with van der Waals surface area (Å²) < 4.78 is 5.34. The molecule has 1 rings (SSSR count). The summed E-state index contributed by atoms with van der Waals surface area (Å²) in [6, 6.07) is 0. The highest BCUT2D eigenvalue weighted by Crippen LogP contribution is 2.39. The van der Waals surface area contributed by atoms with Crippen LogP contribution in [0.5, 0.6) is 0 Å². The van der Waals surface area contributed by atoms with Crippen molar-refractivity contribution < 1.29 is 4.74 Å². The Hall–Kier alpha value is -0.0800. The molecular weight excluding hydrogens is 162 g/mol. The van der Waals surface area contributed by atoms with E-state index in [0.717, 1.165) is 25.7 Å². The second-order valence-corrected chi connectivity index (χ2v) is 4.84. The average Bonchev–Trinajstić information content (AvgIpc) is 1.99. The third kappa shape index (κ3) is 3.28. The Bertz CT molecular complexity index is 141. The smallest absolute Gasteiger partial charge is 0.0544 e. The molecule has 1 heterocycles. The molecule has 1 aliphatic heterocycles. The molecule has 0 aromatic heterocycles. The van der Waals surface area contributed by atoms with Crippen molar-refractivity contribution in [2.75, 3.05) is 19.8 Å². The van der Waals surface area contributed by atoms with Gasteiger partial charge in [0.1, 0.15) is 0 Å². The zero-order chi connectivity index (χ0) is 9.73. The quantitative estimate of drug-likeness (QED) is 0.644. The Morgan fingerprint density at radius 2 is 2.00 bits per heavy atom. The van der Waals surface area contributed by atoms with Crippen LogP contribution in [0.2, 0.25) is 0 Å². The van der Waals surface area contributed by atoms with E-state index in [2.05, 4.69) is 13.8 Å². The van der Waals surface area contributed by atoms with Gasteiger partial charge in [0.05, 0.1) is 13.2 Å². The van der Waals surface area contributed by atoms with Crippen LogP contribution in [0.3, 0.4) is 0 Å². The van der Waals surface area contributed by atoms with Gasteiger partial charge in [-0.3, -0.25) is 0 Å². The van der Waals surface area contributed by atoms with Crippen LogP contribution >= 0.6 is 0 Å². The zero-order valence-corrected chi connectivity index (χ0v) is 9.01. The van der Waals surface area contributed by atoms with Gasteiger partial charge in [-0.25, -0.2) is 0 Å². The molecule has 2 N–H and O–H groups in total. The van der Waals surface area contributed by atoms with E-state index >= 15 is 0 Å². The highest BCUT2D eigenvalue weighted by Gasteiger charge is 2.37. The Balaban J connectivity index is 2.23. The van der Waals surface area contributed by atoms with Gasteiger partial charge in [0.2, 0.25) is 0 Å². The van der Waals surface area contributed by atoms with E-state index in [9.17, 15) is 0 Å². The number of hydrogen-bond donors (Lipinski definition) is 1. The highest BCUT2D eigenvalue weighted by atomic mass is 16.5. The number of unbranched alkanes of at least 4 members (excludes halogenated alkanes) is 1. The second kappa shape index (κ2) is 4.97. The number of ether oxygens (including phenoxy) is 1. The molecule has 0 atom stereocenters. The predicted octanol–water partition coefficient (Wildman–Crippen LogP) is 2.18. The van der Waals surface area contributed by atoms with Crippen LogP contribution in [-0.2, 0) is 4.74 Å². The first-order chi connectivity index (χ1) is 6.18. The molecule has 78 valence electrons. The third-order valence-corrected chi connectivity index (χ3v) is 2.82. The summed E-state index contributed by atoms with van der Waals surface area (Å²) in [5, 5.41) is 0. The van der Waals surface area contributed by atoms with Gasteiger partial charge in [-0.2, -0.15) is 0 Å². The Labute approximate surface area is 81.8 Å². The normalized spacial score (nSPS) is 20.3. The molecule has 1 aliphatic rings. The molecule has 2 nitrogen and oxygen atoms in total. The second-order valence-electron chi connectivity index (χ2n) is 4.84. The molecule has 13 heavy (non-hydrogen) atoms. The van der Waals surface area contributed by atoms with Crippen molar-refractivity contribution >= 4 is 0 Å². The SMILES string of the molecule is CC(C)CC1(CCCCN)COC1. The molecule has 1 saturated heterocycles. The van der Waals surface area contributed by atoms with Crippen molar-refractivity contribution in [1.82, 2.24) is 0 Å². The molecule has 0 bridgehead atoms. The summed E-state index contributed by atoms with van der Waals surface area (Å²) in [4.78, 5) is 0. The van der Waals surface area contributed by atoms with Gasteiger partial charge in [-0.1, -0.05) is 20.3 Å². The molecule has 0 aliphatic carbocycles. The van der Waals surface area contributed by atoms with Gasteiger partial charge in [0, 0.05) is 5.41 Å². The van der Waals surface area contributed by atoms with Crippen molar-refractivity contribution in [3.8, 4) is 0 Å². The number of hydrogen-bond acceptors (Lipinski definition) is 2. The molecule has 0 aromatic rings. The molecule has 0 saturated carbocycles. The van der Waals surface area contributed by atoms with Crippen molar-refractivity contribution in [3.05, 3.63) is 0 Å². The fourth-order valence-corrected chi connectivity index (χ4v) is 2.27. The summed E-state index contributed by atoms with van der Waals surface area (Å²) in [7, 11) is 0. The summed E-state index contributed by atoms with van der Waals surface area (Å²) in [5.41, 5.74) is 6.00. The summed E-state index contributed by atoms with van der Waals surface area (Å²) >= 11 is 0. The Morgan fingerprint density at radius 1 is 1.31 bits per heavy atom. The van der Waals surface area contributed by atoms with Gasteiger partial charge in [-0.05, 0) is 31.7 Å². The minimum atomic E-state index is 0.517. The number of nitrogens with two attached hydrogens (primary N) is 1. The summed E-state index contributed by atoms with van der Waals surface area (Å²) in [5.74, 6) is 0.793. The third-order valence-electron chi connectivity index (χ3n) is 2.82. The Kier molecular flexibility index (Phi) is 4.20. The van der Waals surface area contributed by atoms with Gasteiger partial charge in [0.15, 0.2) is 0 Å². The van der Waals surface area contributed by atoms with Crippen LogP contribution < -0.4 is 5.73 Å². The highest BCUT2D eigenvalue weighted by molar-refractivity contribution is 4.86. The lowest BCUT2D eigenvalue weighted by atomic mass is 9.74. The van der Waals surface area contributed by atoms with Crippen LogP contribution in [0.4, 0.5) is 0 Å². The van der Waals surface area contributed by atoms with Crippen molar-refractivity contribution in [2.24, 2.45) is 17.1 Å². The van der Waals surface area contributed by atoms with Gasteiger partial charge >= 0.3 is 0 Å². The van der Waals surface area contributed by atoms with Crippen LogP contribution in [0.15, 0.2) is 0 Å². The minimum absolute atomic E-state index is 0.517. The van der Waals surface area contributed by atoms with Crippen molar-refractivity contribution in [3.63, 3.8) is 0 Å². The molecule has 0 aromatic carbocycles. The number of rotatable bonds is 6. The van der Waals surface area contributed by atoms with Crippen LogP contribution in [-0.4, -0.2) is 19.8 Å². The van der Waals surface area contributed by atoms with E-state index < -0.39 is 0 Å². The molecule has 0 unspecified atom stereocenters. The maximum Gasteiger partial charge on any atom is 0.0544 e. The molecule has 0 amide bonds. The molecule has 0 spiro atoms. The Morgan fingerprint density at radius 3 is 2.38 bits per heavy atom. The summed E-state index contributed by atoms with van der Waals surface area (Å²) in [6.45, 7) is 7.39. The maximum atomic E-state index is 5.49. The van der Waals surface area contributed by atoms with Crippen molar-refractivity contribution in [2.45, 2.75) is 39.5 Å². The molecule has 0 radical (unpaired) electrons. The fourth-order valence-electron chi connectivity index (χ4n) is 2.27. The first-order valence-electron chi connectivity index (χ1n) is 5.46. The van der Waals surface area contributed by atoms with Crippen LogP contribution in [0.25, 0.3) is 0 Å². The predicted molar refractivity (Wildman–Crippen MR) is 55.6 cm³/mol. The van der Waals surface area contributed by atoms with Crippen LogP contribution in [0.1, 0.15) is 39.5 Å². The maximum absolute atomic E-state index is 5.49. The van der Waals surface area contributed by atoms with E-state index in [-0.39, 0.29) is 0 Å². The summed E-state index contributed by atoms with van der Waals surface area (Å²) in [6.07, 6.45) is 5.06. The monoisotopic (exact) mass is 185 g/mol. The van der Waals surface area contributed by atoms with Gasteiger partial charge in [-0.15, -0.1) is 0 Å². The van der Waals surface area contributed by atoms with Crippen molar-refractivity contribution in [1.29, 1.82) is 0 Å². The lowest BCUT2D eigenvalue weighted by Gasteiger charge is -2.43. The van der Waals surface area contributed by atoms with Gasteiger partial charge in [0.25, 0.3) is 0 Å².